The molecule has 0 unspecified atom stereocenters. The molecule has 150 valence electrons. The SMILES string of the molecule is Cn1c(=O)cc(OCC(=O)N2CCN(c3ccc(Cl)cc3)CC2)c2ccccc21. The van der Waals surface area contributed by atoms with Crippen LogP contribution >= 0.6 is 11.6 Å². The Balaban J connectivity index is 1.39. The largest absolute Gasteiger partial charge is 0.483 e. The Morgan fingerprint density at radius 3 is 2.45 bits per heavy atom. The molecular weight excluding hydrogens is 390 g/mol. The van der Waals surface area contributed by atoms with Gasteiger partial charge in [0.25, 0.3) is 11.5 Å². The lowest BCUT2D eigenvalue weighted by atomic mass is 10.2. The van der Waals surface area contributed by atoms with E-state index in [1.807, 2.05) is 48.5 Å². The van der Waals surface area contributed by atoms with Crippen molar-refractivity contribution in [2.75, 3.05) is 37.7 Å². The second-order valence-electron chi connectivity index (χ2n) is 7.06. The molecule has 2 heterocycles. The van der Waals surface area contributed by atoms with Gasteiger partial charge in [0.2, 0.25) is 0 Å². The van der Waals surface area contributed by atoms with Gasteiger partial charge in [0, 0.05) is 55.4 Å². The molecule has 1 amide bonds. The second-order valence-corrected chi connectivity index (χ2v) is 7.49. The van der Waals surface area contributed by atoms with Crippen LogP contribution in [0.5, 0.6) is 5.75 Å². The summed E-state index contributed by atoms with van der Waals surface area (Å²) in [4.78, 5) is 28.8. The summed E-state index contributed by atoms with van der Waals surface area (Å²) in [5, 5.41) is 1.53. The molecule has 6 nitrogen and oxygen atoms in total. The fourth-order valence-electron chi connectivity index (χ4n) is 3.60. The molecule has 3 aromatic rings. The molecule has 0 bridgehead atoms. The second kappa shape index (κ2) is 8.17. The van der Waals surface area contributed by atoms with Crippen molar-refractivity contribution >= 4 is 34.1 Å². The quantitative estimate of drug-likeness (QED) is 0.662. The van der Waals surface area contributed by atoms with Crippen LogP contribution in [0.15, 0.2) is 59.4 Å². The number of hydrogen-bond donors (Lipinski definition) is 0. The summed E-state index contributed by atoms with van der Waals surface area (Å²) in [6.45, 7) is 2.67. The number of anilines is 1. The van der Waals surface area contributed by atoms with Gasteiger partial charge >= 0.3 is 0 Å². The molecule has 1 aliphatic rings. The van der Waals surface area contributed by atoms with Crippen molar-refractivity contribution in [2.45, 2.75) is 0 Å². The molecule has 29 heavy (non-hydrogen) atoms. The number of carbonyl (C=O) groups is 1. The summed E-state index contributed by atoms with van der Waals surface area (Å²) in [6.07, 6.45) is 0. The molecule has 4 rings (SSSR count). The van der Waals surface area contributed by atoms with E-state index in [0.29, 0.717) is 23.9 Å². The van der Waals surface area contributed by atoms with E-state index in [9.17, 15) is 9.59 Å². The first-order valence-electron chi connectivity index (χ1n) is 9.53. The van der Waals surface area contributed by atoms with Gasteiger partial charge in [0.15, 0.2) is 6.61 Å². The number of nitrogens with zero attached hydrogens (tertiary/aromatic N) is 3. The number of benzene rings is 2. The fourth-order valence-corrected chi connectivity index (χ4v) is 3.72. The number of fused-ring (bicyclic) bond motifs is 1. The van der Waals surface area contributed by atoms with Crippen molar-refractivity contribution in [3.63, 3.8) is 0 Å². The predicted octanol–water partition coefficient (Wildman–Crippen LogP) is 2.92. The molecule has 0 N–H and O–H groups in total. The monoisotopic (exact) mass is 411 g/mol. The number of aryl methyl sites for hydroxylation is 1. The van der Waals surface area contributed by atoms with Gasteiger partial charge in [-0.05, 0) is 36.4 Å². The van der Waals surface area contributed by atoms with Gasteiger partial charge in [-0.25, -0.2) is 0 Å². The number of hydrogen-bond acceptors (Lipinski definition) is 4. The third kappa shape index (κ3) is 4.07. The van der Waals surface area contributed by atoms with E-state index in [0.717, 1.165) is 29.7 Å². The van der Waals surface area contributed by atoms with E-state index in [1.165, 1.54) is 6.07 Å². The van der Waals surface area contributed by atoms with E-state index in [4.69, 9.17) is 16.3 Å². The molecule has 1 fully saturated rings. The van der Waals surface area contributed by atoms with Crippen molar-refractivity contribution in [2.24, 2.45) is 7.05 Å². The number of piperazine rings is 1. The summed E-state index contributed by atoms with van der Waals surface area (Å²) < 4.78 is 7.33. The third-order valence-electron chi connectivity index (χ3n) is 5.29. The Morgan fingerprint density at radius 1 is 1.03 bits per heavy atom. The first-order chi connectivity index (χ1) is 14.0. The summed E-state index contributed by atoms with van der Waals surface area (Å²) >= 11 is 5.95. The van der Waals surface area contributed by atoms with Crippen LogP contribution in [-0.4, -0.2) is 48.2 Å². The van der Waals surface area contributed by atoms with Crippen molar-refractivity contribution in [1.82, 2.24) is 9.47 Å². The van der Waals surface area contributed by atoms with Gasteiger partial charge in [0.1, 0.15) is 5.75 Å². The van der Waals surface area contributed by atoms with Crippen molar-refractivity contribution in [3.8, 4) is 5.75 Å². The minimum absolute atomic E-state index is 0.0782. The van der Waals surface area contributed by atoms with Gasteiger partial charge < -0.3 is 19.1 Å². The summed E-state index contributed by atoms with van der Waals surface area (Å²) in [5.74, 6) is 0.363. The van der Waals surface area contributed by atoms with Crippen LogP contribution in [0, 0.1) is 0 Å². The summed E-state index contributed by atoms with van der Waals surface area (Å²) in [5.41, 5.74) is 1.71. The van der Waals surface area contributed by atoms with Gasteiger partial charge in [-0.15, -0.1) is 0 Å². The molecule has 0 atom stereocenters. The Morgan fingerprint density at radius 2 is 1.72 bits per heavy atom. The van der Waals surface area contributed by atoms with E-state index in [1.54, 1.807) is 16.5 Å². The molecule has 0 spiro atoms. The highest BCUT2D eigenvalue weighted by Crippen LogP contribution is 2.23. The lowest BCUT2D eigenvalue weighted by molar-refractivity contribution is -0.133. The number of pyridine rings is 1. The van der Waals surface area contributed by atoms with E-state index in [-0.39, 0.29) is 18.1 Å². The van der Waals surface area contributed by atoms with Gasteiger partial charge in [-0.2, -0.15) is 0 Å². The first-order valence-corrected chi connectivity index (χ1v) is 9.90. The molecule has 7 heteroatoms. The van der Waals surface area contributed by atoms with Crippen molar-refractivity contribution in [3.05, 3.63) is 70.0 Å². The maximum atomic E-state index is 12.6. The zero-order valence-corrected chi connectivity index (χ0v) is 16.9. The normalized spacial score (nSPS) is 14.3. The zero-order valence-electron chi connectivity index (χ0n) is 16.2. The van der Waals surface area contributed by atoms with E-state index < -0.39 is 0 Å². The lowest BCUT2D eigenvalue weighted by Gasteiger charge is -2.36. The van der Waals surface area contributed by atoms with Crippen LogP contribution < -0.4 is 15.2 Å². The Hall–Kier alpha value is -2.99. The van der Waals surface area contributed by atoms with Gasteiger partial charge in [-0.1, -0.05) is 23.7 Å². The highest BCUT2D eigenvalue weighted by atomic mass is 35.5. The third-order valence-corrected chi connectivity index (χ3v) is 5.54. The van der Waals surface area contributed by atoms with Crippen LogP contribution in [0.1, 0.15) is 0 Å². The highest BCUT2D eigenvalue weighted by Gasteiger charge is 2.22. The summed E-state index contributed by atoms with van der Waals surface area (Å²) in [6, 6.07) is 16.7. The topological polar surface area (TPSA) is 54.8 Å². The number of ether oxygens (including phenoxy) is 1. The highest BCUT2D eigenvalue weighted by molar-refractivity contribution is 6.30. The molecule has 1 aromatic heterocycles. The molecule has 0 aliphatic carbocycles. The average Bonchev–Trinajstić information content (AvgIpc) is 2.76. The van der Waals surface area contributed by atoms with Crippen LogP contribution in [0.4, 0.5) is 5.69 Å². The maximum Gasteiger partial charge on any atom is 0.260 e. The molecule has 1 aliphatic heterocycles. The minimum atomic E-state index is -0.164. The van der Waals surface area contributed by atoms with Crippen LogP contribution in [-0.2, 0) is 11.8 Å². The molecule has 1 saturated heterocycles. The molecule has 2 aromatic carbocycles. The lowest BCUT2D eigenvalue weighted by Crippen LogP contribution is -2.50. The number of carbonyl (C=O) groups excluding carboxylic acids is 1. The molecular formula is C22H22ClN3O3. The van der Waals surface area contributed by atoms with Crippen LogP contribution in [0.2, 0.25) is 5.02 Å². The van der Waals surface area contributed by atoms with Crippen LogP contribution in [0.25, 0.3) is 10.9 Å². The first kappa shape index (κ1) is 19.3. The number of halogens is 1. The number of rotatable bonds is 4. The molecule has 0 radical (unpaired) electrons. The molecule has 0 saturated carbocycles. The van der Waals surface area contributed by atoms with E-state index in [2.05, 4.69) is 4.90 Å². The van der Waals surface area contributed by atoms with Crippen molar-refractivity contribution < 1.29 is 9.53 Å². The Kier molecular flexibility index (Phi) is 5.45. The maximum absolute atomic E-state index is 12.6. The number of amides is 1. The zero-order chi connectivity index (χ0) is 20.4. The minimum Gasteiger partial charge on any atom is -0.483 e. The smallest absolute Gasteiger partial charge is 0.260 e. The number of aromatic nitrogens is 1. The van der Waals surface area contributed by atoms with Gasteiger partial charge in [-0.3, -0.25) is 9.59 Å². The van der Waals surface area contributed by atoms with Crippen LogP contribution in [0.3, 0.4) is 0 Å². The fraction of sp³-hybridized carbons (Fsp3) is 0.273. The average molecular weight is 412 g/mol. The predicted molar refractivity (Wildman–Crippen MR) is 115 cm³/mol. The van der Waals surface area contributed by atoms with Gasteiger partial charge in [0.05, 0.1) is 5.52 Å². The standard InChI is InChI=1S/C22H22ClN3O3/c1-24-19-5-3-2-4-18(19)20(14-21(24)27)29-15-22(28)26-12-10-25(11-13-26)17-8-6-16(23)7-9-17/h2-9,14H,10-13,15H2,1H3. The summed E-state index contributed by atoms with van der Waals surface area (Å²) in [7, 11) is 1.72. The Bertz CT molecular complexity index is 1090. The number of para-hydroxylation sites is 1. The van der Waals surface area contributed by atoms with Crippen molar-refractivity contribution in [1.29, 1.82) is 0 Å². The Labute approximate surface area is 173 Å². The van der Waals surface area contributed by atoms with E-state index >= 15 is 0 Å².